The number of aryl methyl sites for hydroxylation is 1. The number of carbonyl (C=O) groups excluding carboxylic acids is 1. The molecule has 0 atom stereocenters. The van der Waals surface area contributed by atoms with Gasteiger partial charge in [-0.1, -0.05) is 17.7 Å². The van der Waals surface area contributed by atoms with Crippen LogP contribution in [0.4, 0.5) is 11.4 Å². The molecular weight excluding hydrogens is 444 g/mol. The number of nitrogens with one attached hydrogen (secondary N) is 1. The molecule has 1 N–H and O–H groups in total. The summed E-state index contributed by atoms with van der Waals surface area (Å²) in [7, 11) is 0. The Morgan fingerprint density at radius 3 is 2.62 bits per heavy atom. The van der Waals surface area contributed by atoms with Gasteiger partial charge in [0.25, 0.3) is 11.6 Å². The van der Waals surface area contributed by atoms with E-state index >= 15 is 0 Å². The fourth-order valence-electron chi connectivity index (χ4n) is 2.62. The highest BCUT2D eigenvalue weighted by Gasteiger charge is 2.16. The Hall–Kier alpha value is -4.25. The number of halogens is 1. The first-order valence-electron chi connectivity index (χ1n) is 8.98. The van der Waals surface area contributed by atoms with Gasteiger partial charge in [0.05, 0.1) is 21.1 Å². The third kappa shape index (κ3) is 5.46. The maximum atomic E-state index is 11.9. The molecule has 0 bridgehead atoms. The SMILES string of the molecule is Cc1ccc(OCC(=O)N/N=C/c2ccc(-c3ccc([N+](=O)[O-])cc3Cl)o2)c([N+](=O)[O-])c1. The van der Waals surface area contributed by atoms with E-state index < -0.39 is 22.4 Å². The Morgan fingerprint density at radius 1 is 1.16 bits per heavy atom. The average Bonchev–Trinajstić information content (AvgIpc) is 3.21. The normalized spacial score (nSPS) is 10.8. The molecule has 164 valence electrons. The highest BCUT2D eigenvalue weighted by atomic mass is 35.5. The topological polar surface area (TPSA) is 150 Å². The third-order valence-corrected chi connectivity index (χ3v) is 4.42. The smallest absolute Gasteiger partial charge is 0.311 e. The third-order valence-electron chi connectivity index (χ3n) is 4.11. The lowest BCUT2D eigenvalue weighted by Gasteiger charge is -2.06. The van der Waals surface area contributed by atoms with Crippen LogP contribution < -0.4 is 10.2 Å². The monoisotopic (exact) mass is 458 g/mol. The Bertz CT molecular complexity index is 1220. The molecule has 0 saturated carbocycles. The van der Waals surface area contributed by atoms with Crippen LogP contribution in [0.2, 0.25) is 5.02 Å². The highest BCUT2D eigenvalue weighted by molar-refractivity contribution is 6.33. The first kappa shape index (κ1) is 22.4. The molecule has 11 nitrogen and oxygen atoms in total. The molecule has 0 unspecified atom stereocenters. The minimum absolute atomic E-state index is 0.0321. The van der Waals surface area contributed by atoms with Gasteiger partial charge in [0.1, 0.15) is 11.5 Å². The number of nitrogens with zero attached hydrogens (tertiary/aromatic N) is 3. The quantitative estimate of drug-likeness (QED) is 0.301. The van der Waals surface area contributed by atoms with Gasteiger partial charge in [0, 0.05) is 23.8 Å². The molecule has 0 radical (unpaired) electrons. The summed E-state index contributed by atoms with van der Waals surface area (Å²) in [5.74, 6) is -0.0332. The van der Waals surface area contributed by atoms with E-state index in [0.29, 0.717) is 16.9 Å². The molecule has 0 saturated heterocycles. The summed E-state index contributed by atoms with van der Waals surface area (Å²) in [6.07, 6.45) is 1.23. The molecule has 2 aromatic carbocycles. The molecule has 32 heavy (non-hydrogen) atoms. The molecule has 1 amide bonds. The number of hydrogen-bond donors (Lipinski definition) is 1. The fraction of sp³-hybridized carbons (Fsp3) is 0.100. The van der Waals surface area contributed by atoms with Crippen LogP contribution in [0.5, 0.6) is 5.75 Å². The van der Waals surface area contributed by atoms with Gasteiger partial charge in [-0.3, -0.25) is 25.0 Å². The lowest BCUT2D eigenvalue weighted by Crippen LogP contribution is -2.24. The number of rotatable bonds is 8. The number of non-ortho nitro benzene ring substituents is 1. The number of nitro benzene ring substituents is 2. The van der Waals surface area contributed by atoms with Gasteiger partial charge in [0.15, 0.2) is 12.4 Å². The summed E-state index contributed by atoms with van der Waals surface area (Å²) >= 11 is 6.08. The Kier molecular flexibility index (Phi) is 6.80. The van der Waals surface area contributed by atoms with Gasteiger partial charge in [0.2, 0.25) is 0 Å². The van der Waals surface area contributed by atoms with Gasteiger partial charge in [-0.15, -0.1) is 0 Å². The molecule has 3 aromatic rings. The van der Waals surface area contributed by atoms with Gasteiger partial charge in [-0.25, -0.2) is 5.43 Å². The van der Waals surface area contributed by atoms with E-state index in [9.17, 15) is 25.0 Å². The average molecular weight is 459 g/mol. The fourth-order valence-corrected chi connectivity index (χ4v) is 2.89. The second kappa shape index (κ2) is 9.71. The number of benzene rings is 2. The summed E-state index contributed by atoms with van der Waals surface area (Å²) in [4.78, 5) is 32.6. The number of nitro groups is 2. The zero-order chi connectivity index (χ0) is 23.3. The van der Waals surface area contributed by atoms with Gasteiger partial charge < -0.3 is 9.15 Å². The number of ether oxygens (including phenoxy) is 1. The van der Waals surface area contributed by atoms with E-state index in [1.165, 1.54) is 36.5 Å². The maximum absolute atomic E-state index is 11.9. The lowest BCUT2D eigenvalue weighted by atomic mass is 10.1. The van der Waals surface area contributed by atoms with Crippen LogP contribution in [0.15, 0.2) is 58.0 Å². The molecule has 3 rings (SSSR count). The van der Waals surface area contributed by atoms with E-state index in [1.807, 2.05) is 0 Å². The second-order valence-electron chi connectivity index (χ2n) is 6.43. The summed E-state index contributed by atoms with van der Waals surface area (Å²) in [5.41, 5.74) is 2.97. The molecule has 12 heteroatoms. The van der Waals surface area contributed by atoms with Crippen molar-refractivity contribution >= 4 is 35.1 Å². The van der Waals surface area contributed by atoms with Crippen LogP contribution >= 0.6 is 11.6 Å². The van der Waals surface area contributed by atoms with Crippen LogP contribution in [-0.4, -0.2) is 28.6 Å². The lowest BCUT2D eigenvalue weighted by molar-refractivity contribution is -0.385. The van der Waals surface area contributed by atoms with E-state index in [0.717, 1.165) is 0 Å². The van der Waals surface area contributed by atoms with Gasteiger partial charge >= 0.3 is 5.69 Å². The van der Waals surface area contributed by atoms with Crippen LogP contribution in [-0.2, 0) is 4.79 Å². The minimum Gasteiger partial charge on any atom is -0.477 e. The number of furan rings is 1. The van der Waals surface area contributed by atoms with Crippen molar-refractivity contribution in [2.75, 3.05) is 6.61 Å². The van der Waals surface area contributed by atoms with Crippen molar-refractivity contribution in [3.63, 3.8) is 0 Å². The molecule has 0 spiro atoms. The Labute approximate surface area is 185 Å². The minimum atomic E-state index is -0.638. The molecule has 0 fully saturated rings. The van der Waals surface area contributed by atoms with Crippen molar-refractivity contribution in [1.29, 1.82) is 0 Å². The van der Waals surface area contributed by atoms with Gasteiger partial charge in [-0.2, -0.15) is 5.10 Å². The largest absolute Gasteiger partial charge is 0.477 e. The number of carbonyl (C=O) groups is 1. The number of hydrogen-bond acceptors (Lipinski definition) is 8. The van der Waals surface area contributed by atoms with Crippen molar-refractivity contribution in [3.05, 3.63) is 85.1 Å². The molecule has 0 aliphatic rings. The summed E-state index contributed by atoms with van der Waals surface area (Å²) in [5, 5.41) is 25.8. The van der Waals surface area contributed by atoms with Crippen LogP contribution in [0.1, 0.15) is 11.3 Å². The first-order valence-corrected chi connectivity index (χ1v) is 9.36. The summed E-state index contributed by atoms with van der Waals surface area (Å²) in [6.45, 7) is 1.22. The van der Waals surface area contributed by atoms with Gasteiger partial charge in [-0.05, 0) is 36.8 Å². The van der Waals surface area contributed by atoms with E-state index in [4.69, 9.17) is 20.8 Å². The second-order valence-corrected chi connectivity index (χ2v) is 6.84. The van der Waals surface area contributed by atoms with Crippen molar-refractivity contribution in [1.82, 2.24) is 5.43 Å². The standard InChI is InChI=1S/C20H15ClN4O7/c1-12-2-6-19(17(8-12)25(29)30)31-11-20(26)23-22-10-14-4-7-18(32-14)15-5-3-13(24(27)28)9-16(15)21/h2-10H,11H2,1H3,(H,23,26)/b22-10+. The van der Waals surface area contributed by atoms with Crippen molar-refractivity contribution in [3.8, 4) is 17.1 Å². The number of amides is 1. The maximum Gasteiger partial charge on any atom is 0.311 e. The Balaban J connectivity index is 1.58. The van der Waals surface area contributed by atoms with Crippen LogP contribution in [0.25, 0.3) is 11.3 Å². The van der Waals surface area contributed by atoms with Crippen LogP contribution in [0.3, 0.4) is 0 Å². The van der Waals surface area contributed by atoms with Crippen molar-refractivity contribution in [2.24, 2.45) is 5.10 Å². The number of hydrazone groups is 1. The molecular formula is C20H15ClN4O7. The zero-order valence-corrected chi connectivity index (χ0v) is 17.2. The molecule has 0 aliphatic carbocycles. The zero-order valence-electron chi connectivity index (χ0n) is 16.5. The first-order chi connectivity index (χ1) is 15.2. The van der Waals surface area contributed by atoms with E-state index in [-0.39, 0.29) is 27.9 Å². The van der Waals surface area contributed by atoms with E-state index in [2.05, 4.69) is 10.5 Å². The molecule has 1 aromatic heterocycles. The predicted molar refractivity (Wildman–Crippen MR) is 115 cm³/mol. The predicted octanol–water partition coefficient (Wildman–Crippen LogP) is 4.25. The van der Waals surface area contributed by atoms with Crippen molar-refractivity contribution in [2.45, 2.75) is 6.92 Å². The van der Waals surface area contributed by atoms with E-state index in [1.54, 1.807) is 25.1 Å². The summed E-state index contributed by atoms with van der Waals surface area (Å²) < 4.78 is 10.8. The van der Waals surface area contributed by atoms with Crippen molar-refractivity contribution < 1.29 is 23.8 Å². The van der Waals surface area contributed by atoms with Crippen LogP contribution in [0, 0.1) is 27.2 Å². The Morgan fingerprint density at radius 2 is 1.94 bits per heavy atom. The molecule has 0 aliphatic heterocycles. The summed E-state index contributed by atoms with van der Waals surface area (Å²) in [6, 6.07) is 11.5. The highest BCUT2D eigenvalue weighted by Crippen LogP contribution is 2.32. The molecule has 1 heterocycles.